The Bertz CT molecular complexity index is 703. The summed E-state index contributed by atoms with van der Waals surface area (Å²) in [6.45, 7) is 2.58. The third-order valence-electron chi connectivity index (χ3n) is 2.90. The SMILES string of the molecule is Cc1cc(-c2nc(CN)cs2)nc2ccccc12. The van der Waals surface area contributed by atoms with Gasteiger partial charge in [0.2, 0.25) is 0 Å². The van der Waals surface area contributed by atoms with Gasteiger partial charge in [-0.05, 0) is 24.6 Å². The fraction of sp³-hybridized carbons (Fsp3) is 0.143. The van der Waals surface area contributed by atoms with Gasteiger partial charge >= 0.3 is 0 Å². The highest BCUT2D eigenvalue weighted by molar-refractivity contribution is 7.13. The Morgan fingerprint density at radius 1 is 1.22 bits per heavy atom. The Hall–Kier alpha value is -1.78. The zero-order valence-corrected chi connectivity index (χ0v) is 10.9. The second-order valence-corrected chi connectivity index (χ2v) is 5.05. The van der Waals surface area contributed by atoms with Gasteiger partial charge in [-0.3, -0.25) is 0 Å². The van der Waals surface area contributed by atoms with Crippen LogP contribution in [0.15, 0.2) is 35.7 Å². The number of hydrogen-bond acceptors (Lipinski definition) is 4. The van der Waals surface area contributed by atoms with Crippen LogP contribution in [0.5, 0.6) is 0 Å². The normalized spacial score (nSPS) is 11.0. The number of benzene rings is 1. The van der Waals surface area contributed by atoms with E-state index in [1.807, 2.05) is 23.6 Å². The van der Waals surface area contributed by atoms with Gasteiger partial charge in [-0.15, -0.1) is 11.3 Å². The maximum atomic E-state index is 5.59. The molecule has 2 aromatic heterocycles. The van der Waals surface area contributed by atoms with E-state index in [-0.39, 0.29) is 0 Å². The Morgan fingerprint density at radius 3 is 2.83 bits per heavy atom. The lowest BCUT2D eigenvalue weighted by atomic mass is 10.1. The Labute approximate surface area is 109 Å². The van der Waals surface area contributed by atoms with Crippen LogP contribution in [-0.2, 0) is 6.54 Å². The first-order valence-electron chi connectivity index (χ1n) is 5.79. The second-order valence-electron chi connectivity index (χ2n) is 4.19. The number of aryl methyl sites for hydroxylation is 1. The Morgan fingerprint density at radius 2 is 2.06 bits per heavy atom. The average Bonchev–Trinajstić information content (AvgIpc) is 2.87. The molecule has 0 saturated carbocycles. The fourth-order valence-electron chi connectivity index (χ4n) is 1.98. The monoisotopic (exact) mass is 255 g/mol. The Balaban J connectivity index is 2.18. The van der Waals surface area contributed by atoms with E-state index in [0.29, 0.717) is 6.54 Å². The highest BCUT2D eigenvalue weighted by Gasteiger charge is 2.08. The van der Waals surface area contributed by atoms with Crippen molar-refractivity contribution in [2.75, 3.05) is 0 Å². The predicted molar refractivity (Wildman–Crippen MR) is 75.5 cm³/mol. The van der Waals surface area contributed by atoms with Crippen LogP contribution in [0.1, 0.15) is 11.3 Å². The highest BCUT2D eigenvalue weighted by Crippen LogP contribution is 2.26. The molecule has 3 aromatic rings. The van der Waals surface area contributed by atoms with E-state index in [1.54, 1.807) is 11.3 Å². The minimum absolute atomic E-state index is 0.475. The Kier molecular flexibility index (Phi) is 2.81. The minimum atomic E-state index is 0.475. The van der Waals surface area contributed by atoms with E-state index >= 15 is 0 Å². The predicted octanol–water partition coefficient (Wildman–Crippen LogP) is 3.13. The molecule has 0 aliphatic heterocycles. The third-order valence-corrected chi connectivity index (χ3v) is 3.82. The van der Waals surface area contributed by atoms with E-state index in [2.05, 4.69) is 29.0 Å². The lowest BCUT2D eigenvalue weighted by Crippen LogP contribution is -1.96. The average molecular weight is 255 g/mol. The number of para-hydroxylation sites is 1. The zero-order chi connectivity index (χ0) is 12.5. The quantitative estimate of drug-likeness (QED) is 0.765. The number of nitrogens with zero attached hydrogens (tertiary/aromatic N) is 2. The molecule has 0 radical (unpaired) electrons. The standard InChI is InChI=1S/C14H13N3S/c1-9-6-13(14-16-10(7-15)8-18-14)17-12-5-3-2-4-11(9)12/h2-6,8H,7,15H2,1H3. The molecule has 0 unspecified atom stereocenters. The molecule has 0 fully saturated rings. The molecule has 18 heavy (non-hydrogen) atoms. The molecule has 0 saturated heterocycles. The van der Waals surface area contributed by atoms with Crippen molar-refractivity contribution in [3.05, 3.63) is 47.0 Å². The first-order chi connectivity index (χ1) is 8.78. The molecule has 4 heteroatoms. The van der Waals surface area contributed by atoms with Crippen molar-refractivity contribution in [3.63, 3.8) is 0 Å². The molecule has 2 N–H and O–H groups in total. The molecule has 0 amide bonds. The van der Waals surface area contributed by atoms with Crippen LogP contribution in [0.2, 0.25) is 0 Å². The van der Waals surface area contributed by atoms with Crippen molar-refractivity contribution >= 4 is 22.2 Å². The van der Waals surface area contributed by atoms with Crippen molar-refractivity contribution in [1.29, 1.82) is 0 Å². The van der Waals surface area contributed by atoms with Gasteiger partial charge in [-0.25, -0.2) is 9.97 Å². The second kappa shape index (κ2) is 4.48. The molecular weight excluding hydrogens is 242 g/mol. The maximum Gasteiger partial charge on any atom is 0.142 e. The van der Waals surface area contributed by atoms with Gasteiger partial charge in [0.05, 0.1) is 16.9 Å². The topological polar surface area (TPSA) is 51.8 Å². The van der Waals surface area contributed by atoms with Crippen LogP contribution in [-0.4, -0.2) is 9.97 Å². The molecule has 90 valence electrons. The number of aromatic nitrogens is 2. The summed E-state index contributed by atoms with van der Waals surface area (Å²) in [5, 5.41) is 4.11. The van der Waals surface area contributed by atoms with Crippen LogP contribution >= 0.6 is 11.3 Å². The van der Waals surface area contributed by atoms with Crippen molar-refractivity contribution in [1.82, 2.24) is 9.97 Å². The molecule has 0 aliphatic rings. The number of rotatable bonds is 2. The van der Waals surface area contributed by atoms with Crippen molar-refractivity contribution in [3.8, 4) is 10.7 Å². The number of thiazole rings is 1. The highest BCUT2D eigenvalue weighted by atomic mass is 32.1. The smallest absolute Gasteiger partial charge is 0.142 e. The van der Waals surface area contributed by atoms with Gasteiger partial charge in [-0.2, -0.15) is 0 Å². The summed E-state index contributed by atoms with van der Waals surface area (Å²) >= 11 is 1.59. The summed E-state index contributed by atoms with van der Waals surface area (Å²) in [4.78, 5) is 9.14. The molecular formula is C14H13N3S. The lowest BCUT2D eigenvalue weighted by Gasteiger charge is -2.04. The van der Waals surface area contributed by atoms with Gasteiger partial charge in [0.15, 0.2) is 0 Å². The minimum Gasteiger partial charge on any atom is -0.325 e. The summed E-state index contributed by atoms with van der Waals surface area (Å²) in [5.74, 6) is 0. The number of fused-ring (bicyclic) bond motifs is 1. The van der Waals surface area contributed by atoms with Gasteiger partial charge in [0.25, 0.3) is 0 Å². The molecule has 0 aliphatic carbocycles. The number of hydrogen-bond donors (Lipinski definition) is 1. The van der Waals surface area contributed by atoms with Gasteiger partial charge in [0.1, 0.15) is 5.01 Å². The van der Waals surface area contributed by atoms with E-state index in [0.717, 1.165) is 21.9 Å². The van der Waals surface area contributed by atoms with Gasteiger partial charge < -0.3 is 5.73 Å². The van der Waals surface area contributed by atoms with E-state index in [4.69, 9.17) is 5.73 Å². The molecule has 0 atom stereocenters. The largest absolute Gasteiger partial charge is 0.325 e. The van der Waals surface area contributed by atoms with Crippen LogP contribution in [0.4, 0.5) is 0 Å². The first-order valence-corrected chi connectivity index (χ1v) is 6.67. The van der Waals surface area contributed by atoms with Crippen molar-refractivity contribution < 1.29 is 0 Å². The molecule has 0 spiro atoms. The summed E-state index contributed by atoms with van der Waals surface area (Å²) < 4.78 is 0. The van der Waals surface area contributed by atoms with E-state index in [1.165, 1.54) is 10.9 Å². The molecule has 3 rings (SSSR count). The summed E-state index contributed by atoms with van der Waals surface area (Å²) in [6, 6.07) is 10.2. The lowest BCUT2D eigenvalue weighted by molar-refractivity contribution is 1.01. The summed E-state index contributed by atoms with van der Waals surface area (Å²) in [6.07, 6.45) is 0. The zero-order valence-electron chi connectivity index (χ0n) is 10.1. The summed E-state index contributed by atoms with van der Waals surface area (Å²) in [5.41, 5.74) is 9.66. The van der Waals surface area contributed by atoms with E-state index < -0.39 is 0 Å². The van der Waals surface area contributed by atoms with Gasteiger partial charge in [-0.1, -0.05) is 18.2 Å². The van der Waals surface area contributed by atoms with Gasteiger partial charge in [0, 0.05) is 17.3 Å². The first kappa shape index (κ1) is 11.3. The van der Waals surface area contributed by atoms with Crippen LogP contribution < -0.4 is 5.73 Å². The summed E-state index contributed by atoms with van der Waals surface area (Å²) in [7, 11) is 0. The molecule has 2 heterocycles. The molecule has 1 aromatic carbocycles. The molecule has 3 nitrogen and oxygen atoms in total. The van der Waals surface area contributed by atoms with Crippen LogP contribution in [0, 0.1) is 6.92 Å². The third kappa shape index (κ3) is 1.89. The van der Waals surface area contributed by atoms with Crippen molar-refractivity contribution in [2.45, 2.75) is 13.5 Å². The molecule has 0 bridgehead atoms. The fourth-order valence-corrected chi connectivity index (χ4v) is 2.77. The van der Waals surface area contributed by atoms with Crippen LogP contribution in [0.25, 0.3) is 21.6 Å². The maximum absolute atomic E-state index is 5.59. The number of pyridine rings is 1. The van der Waals surface area contributed by atoms with Crippen molar-refractivity contribution in [2.24, 2.45) is 5.73 Å². The number of nitrogens with two attached hydrogens (primary N) is 1. The van der Waals surface area contributed by atoms with E-state index in [9.17, 15) is 0 Å². The van der Waals surface area contributed by atoms with Crippen LogP contribution in [0.3, 0.4) is 0 Å².